The molecule has 20 heavy (non-hydrogen) atoms. The van der Waals surface area contributed by atoms with Crippen LogP contribution in [0.15, 0.2) is 23.0 Å². The van der Waals surface area contributed by atoms with Gasteiger partial charge in [0.2, 0.25) is 5.56 Å². The number of ether oxygens (including phenoxy) is 1. The number of aromatic amines is 1. The average Bonchev–Trinajstić information content (AvgIpc) is 2.42. The number of rotatable bonds is 5. The summed E-state index contributed by atoms with van der Waals surface area (Å²) in [5.74, 6) is 0.144. The van der Waals surface area contributed by atoms with Crippen LogP contribution in [-0.4, -0.2) is 17.0 Å². The Morgan fingerprint density at radius 2 is 2.15 bits per heavy atom. The number of hydrogen-bond acceptors (Lipinski definition) is 4. The van der Waals surface area contributed by atoms with Crippen LogP contribution >= 0.6 is 0 Å². The number of aryl methyl sites for hydroxylation is 1. The minimum Gasteiger partial charge on any atom is -0.490 e. The zero-order valence-corrected chi connectivity index (χ0v) is 11.4. The Morgan fingerprint density at radius 1 is 1.40 bits per heavy atom. The van der Waals surface area contributed by atoms with Crippen LogP contribution in [0, 0.1) is 10.1 Å². The van der Waals surface area contributed by atoms with E-state index in [-0.39, 0.29) is 22.5 Å². The molecule has 2 aromatic rings. The standard InChI is InChI=1S/C14H16N2O4/c1-3-4-5-9-8-12(17)15-13-10(9)6-7-11(20-2)14(13)16(18)19/h6-8H,3-5H2,1-2H3,(H,15,17). The number of pyridine rings is 1. The number of nitro groups is 1. The number of nitrogens with one attached hydrogen (secondary N) is 1. The van der Waals surface area contributed by atoms with Crippen molar-refractivity contribution in [2.24, 2.45) is 0 Å². The maximum atomic E-state index is 11.7. The lowest BCUT2D eigenvalue weighted by Crippen LogP contribution is -2.08. The van der Waals surface area contributed by atoms with Crippen LogP contribution in [0.3, 0.4) is 0 Å². The molecule has 0 radical (unpaired) electrons. The summed E-state index contributed by atoms with van der Waals surface area (Å²) in [6, 6.07) is 4.82. The van der Waals surface area contributed by atoms with E-state index in [1.807, 2.05) is 0 Å². The summed E-state index contributed by atoms with van der Waals surface area (Å²) >= 11 is 0. The van der Waals surface area contributed by atoms with Gasteiger partial charge in [-0.3, -0.25) is 14.9 Å². The van der Waals surface area contributed by atoms with Crippen molar-refractivity contribution in [3.8, 4) is 5.75 Å². The van der Waals surface area contributed by atoms with Crippen LogP contribution in [0.5, 0.6) is 5.75 Å². The highest BCUT2D eigenvalue weighted by Crippen LogP contribution is 2.34. The van der Waals surface area contributed by atoms with Gasteiger partial charge in [0, 0.05) is 11.5 Å². The predicted molar refractivity (Wildman–Crippen MR) is 76.4 cm³/mol. The lowest BCUT2D eigenvalue weighted by atomic mass is 10.0. The molecular weight excluding hydrogens is 260 g/mol. The van der Waals surface area contributed by atoms with E-state index >= 15 is 0 Å². The summed E-state index contributed by atoms with van der Waals surface area (Å²) in [7, 11) is 1.37. The van der Waals surface area contributed by atoms with E-state index in [9.17, 15) is 14.9 Å². The van der Waals surface area contributed by atoms with E-state index in [1.165, 1.54) is 13.2 Å². The van der Waals surface area contributed by atoms with Crippen molar-refractivity contribution in [3.63, 3.8) is 0 Å². The number of methoxy groups -OCH3 is 1. The van der Waals surface area contributed by atoms with Crippen LogP contribution < -0.4 is 10.3 Å². The predicted octanol–water partition coefficient (Wildman–Crippen LogP) is 2.79. The number of aromatic nitrogens is 1. The van der Waals surface area contributed by atoms with Crippen LogP contribution in [0.2, 0.25) is 0 Å². The molecule has 0 saturated heterocycles. The number of unbranched alkanes of at least 4 members (excludes halogenated alkanes) is 1. The second kappa shape index (κ2) is 5.73. The molecule has 0 bridgehead atoms. The normalized spacial score (nSPS) is 10.7. The first kappa shape index (κ1) is 14.0. The second-order valence-electron chi connectivity index (χ2n) is 4.56. The third-order valence-corrected chi connectivity index (χ3v) is 3.24. The van der Waals surface area contributed by atoms with E-state index in [1.54, 1.807) is 12.1 Å². The van der Waals surface area contributed by atoms with E-state index in [0.29, 0.717) is 5.39 Å². The SMILES string of the molecule is CCCCc1cc(=O)[nH]c2c([N+](=O)[O-])c(OC)ccc12. The number of fused-ring (bicyclic) bond motifs is 1. The van der Waals surface area contributed by atoms with E-state index in [4.69, 9.17) is 4.74 Å². The number of nitrogens with zero attached hydrogens (tertiary/aromatic N) is 1. The first-order valence-electron chi connectivity index (χ1n) is 6.45. The van der Waals surface area contributed by atoms with Gasteiger partial charge in [0.1, 0.15) is 5.52 Å². The summed E-state index contributed by atoms with van der Waals surface area (Å²) in [6.07, 6.45) is 2.64. The fraction of sp³-hybridized carbons (Fsp3) is 0.357. The second-order valence-corrected chi connectivity index (χ2v) is 4.56. The molecule has 1 aromatic heterocycles. The van der Waals surface area contributed by atoms with E-state index in [2.05, 4.69) is 11.9 Å². The van der Waals surface area contributed by atoms with E-state index in [0.717, 1.165) is 24.8 Å². The molecule has 0 unspecified atom stereocenters. The summed E-state index contributed by atoms with van der Waals surface area (Å²) in [6.45, 7) is 2.06. The Kier molecular flexibility index (Phi) is 4.02. The zero-order chi connectivity index (χ0) is 14.7. The molecule has 0 spiro atoms. The summed E-state index contributed by atoms with van der Waals surface area (Å²) in [5.41, 5.74) is 0.532. The van der Waals surface area contributed by atoms with Gasteiger partial charge in [-0.1, -0.05) is 13.3 Å². The Balaban J connectivity index is 2.77. The summed E-state index contributed by atoms with van der Waals surface area (Å²) < 4.78 is 5.01. The van der Waals surface area contributed by atoms with Crippen LogP contribution in [0.25, 0.3) is 10.9 Å². The molecule has 1 heterocycles. The molecule has 0 fully saturated rings. The van der Waals surface area contributed by atoms with Crippen molar-refractivity contribution in [1.82, 2.24) is 4.98 Å². The van der Waals surface area contributed by atoms with Crippen molar-refractivity contribution >= 4 is 16.6 Å². The fourth-order valence-electron chi connectivity index (χ4n) is 2.28. The van der Waals surface area contributed by atoms with Crippen molar-refractivity contribution in [3.05, 3.63) is 44.2 Å². The van der Waals surface area contributed by atoms with Gasteiger partial charge < -0.3 is 9.72 Å². The maximum Gasteiger partial charge on any atom is 0.334 e. The Hall–Kier alpha value is -2.37. The minimum atomic E-state index is -0.527. The number of hydrogen-bond donors (Lipinski definition) is 1. The molecular formula is C14H16N2O4. The topological polar surface area (TPSA) is 85.2 Å². The molecule has 0 aliphatic rings. The fourth-order valence-corrected chi connectivity index (χ4v) is 2.28. The molecule has 1 N–H and O–H groups in total. The van der Waals surface area contributed by atoms with Gasteiger partial charge in [-0.2, -0.15) is 0 Å². The Morgan fingerprint density at radius 3 is 2.75 bits per heavy atom. The van der Waals surface area contributed by atoms with Gasteiger partial charge in [-0.15, -0.1) is 0 Å². The largest absolute Gasteiger partial charge is 0.490 e. The van der Waals surface area contributed by atoms with Crippen molar-refractivity contribution in [1.29, 1.82) is 0 Å². The lowest BCUT2D eigenvalue weighted by molar-refractivity contribution is -0.384. The molecule has 0 atom stereocenters. The molecule has 2 rings (SSSR count). The molecule has 6 heteroatoms. The maximum absolute atomic E-state index is 11.7. The number of H-pyrrole nitrogens is 1. The molecule has 0 saturated carbocycles. The molecule has 106 valence electrons. The minimum absolute atomic E-state index is 0.144. The number of nitro benzene ring substituents is 1. The zero-order valence-electron chi connectivity index (χ0n) is 11.4. The third-order valence-electron chi connectivity index (χ3n) is 3.24. The van der Waals surface area contributed by atoms with E-state index < -0.39 is 4.92 Å². The first-order chi connectivity index (χ1) is 9.58. The third kappa shape index (κ3) is 2.49. The quantitative estimate of drug-likeness (QED) is 0.672. The van der Waals surface area contributed by atoms with Crippen LogP contribution in [0.4, 0.5) is 5.69 Å². The molecule has 6 nitrogen and oxygen atoms in total. The van der Waals surface area contributed by atoms with Crippen LogP contribution in [-0.2, 0) is 6.42 Å². The van der Waals surface area contributed by atoms with Gasteiger partial charge in [-0.05, 0) is 30.5 Å². The van der Waals surface area contributed by atoms with Gasteiger partial charge in [0.05, 0.1) is 12.0 Å². The lowest BCUT2D eigenvalue weighted by Gasteiger charge is -2.08. The van der Waals surface area contributed by atoms with Crippen molar-refractivity contribution in [2.45, 2.75) is 26.2 Å². The molecule has 0 amide bonds. The summed E-state index contributed by atoms with van der Waals surface area (Å²) in [5, 5.41) is 11.9. The monoisotopic (exact) mass is 276 g/mol. The van der Waals surface area contributed by atoms with Gasteiger partial charge in [0.25, 0.3) is 0 Å². The highest BCUT2D eigenvalue weighted by atomic mass is 16.6. The highest BCUT2D eigenvalue weighted by Gasteiger charge is 2.21. The Labute approximate surface area is 115 Å². The number of benzene rings is 1. The summed E-state index contributed by atoms with van der Waals surface area (Å²) in [4.78, 5) is 25.0. The van der Waals surface area contributed by atoms with Crippen molar-refractivity contribution in [2.75, 3.05) is 7.11 Å². The van der Waals surface area contributed by atoms with Crippen LogP contribution in [0.1, 0.15) is 25.3 Å². The Bertz CT molecular complexity index is 706. The highest BCUT2D eigenvalue weighted by molar-refractivity contribution is 5.92. The molecule has 0 aliphatic heterocycles. The van der Waals surface area contributed by atoms with Gasteiger partial charge >= 0.3 is 5.69 Å². The molecule has 1 aromatic carbocycles. The average molecular weight is 276 g/mol. The van der Waals surface area contributed by atoms with Crippen molar-refractivity contribution < 1.29 is 9.66 Å². The first-order valence-corrected chi connectivity index (χ1v) is 6.45. The smallest absolute Gasteiger partial charge is 0.334 e. The van der Waals surface area contributed by atoms with Gasteiger partial charge in [-0.25, -0.2) is 0 Å². The van der Waals surface area contributed by atoms with Gasteiger partial charge in [0.15, 0.2) is 5.75 Å². The molecule has 0 aliphatic carbocycles.